The number of likely N-dealkylation sites (tertiary alicyclic amines) is 1. The fourth-order valence-corrected chi connectivity index (χ4v) is 2.65. The van der Waals surface area contributed by atoms with E-state index in [1.807, 2.05) is 36.1 Å². The maximum Gasteiger partial charge on any atom is 0.239 e. The van der Waals surface area contributed by atoms with Crippen molar-refractivity contribution in [1.29, 1.82) is 0 Å². The minimum Gasteiger partial charge on any atom is -0.497 e. The third kappa shape index (κ3) is 3.51. The van der Waals surface area contributed by atoms with E-state index in [9.17, 15) is 4.79 Å². The van der Waals surface area contributed by atoms with Crippen LogP contribution in [0.5, 0.6) is 5.75 Å². The van der Waals surface area contributed by atoms with Crippen LogP contribution in [0.3, 0.4) is 0 Å². The van der Waals surface area contributed by atoms with Crippen LogP contribution in [0.15, 0.2) is 24.3 Å². The average Bonchev–Trinajstić information content (AvgIpc) is 3.00. The van der Waals surface area contributed by atoms with E-state index in [-0.39, 0.29) is 18.0 Å². The molecule has 1 aliphatic heterocycles. The van der Waals surface area contributed by atoms with Gasteiger partial charge < -0.3 is 9.64 Å². The van der Waals surface area contributed by atoms with Crippen LogP contribution in [-0.4, -0.2) is 37.0 Å². The van der Waals surface area contributed by atoms with E-state index in [1.54, 1.807) is 7.11 Å². The minimum atomic E-state index is -0.148. The second-order valence-corrected chi connectivity index (χ2v) is 5.42. The average molecular weight is 276 g/mol. The summed E-state index contributed by atoms with van der Waals surface area (Å²) in [5.41, 5.74) is 1.16. The molecule has 1 aromatic carbocycles. The summed E-state index contributed by atoms with van der Waals surface area (Å²) in [5.74, 6) is 1.06. The van der Waals surface area contributed by atoms with Gasteiger partial charge in [-0.15, -0.1) is 0 Å². The van der Waals surface area contributed by atoms with Gasteiger partial charge in [-0.25, -0.2) is 0 Å². The molecule has 1 N–H and O–H groups in total. The summed E-state index contributed by atoms with van der Waals surface area (Å²) in [4.78, 5) is 14.2. The van der Waals surface area contributed by atoms with Crippen molar-refractivity contribution >= 4 is 5.91 Å². The molecule has 0 saturated carbocycles. The number of hydrogen-bond acceptors (Lipinski definition) is 3. The maximum atomic E-state index is 12.3. The van der Waals surface area contributed by atoms with Gasteiger partial charge in [0.25, 0.3) is 0 Å². The Morgan fingerprint density at radius 1 is 1.20 bits per heavy atom. The molecule has 1 aromatic rings. The summed E-state index contributed by atoms with van der Waals surface area (Å²) >= 11 is 0. The SMILES string of the molecule is COc1ccc([C@H](C)NC(C)C(=O)N2CCCC2)cc1. The molecule has 0 bridgehead atoms. The molecule has 1 unspecified atom stereocenters. The lowest BCUT2D eigenvalue weighted by Crippen LogP contribution is -2.44. The number of rotatable bonds is 5. The van der Waals surface area contributed by atoms with Crippen molar-refractivity contribution in [3.63, 3.8) is 0 Å². The number of ether oxygens (including phenoxy) is 1. The van der Waals surface area contributed by atoms with Crippen LogP contribution in [0.1, 0.15) is 38.3 Å². The molecule has 1 aliphatic rings. The minimum absolute atomic E-state index is 0.141. The Morgan fingerprint density at radius 3 is 2.35 bits per heavy atom. The van der Waals surface area contributed by atoms with Crippen molar-refractivity contribution in [2.24, 2.45) is 0 Å². The Bertz CT molecular complexity index is 438. The fraction of sp³-hybridized carbons (Fsp3) is 0.562. The highest BCUT2D eigenvalue weighted by molar-refractivity contribution is 5.81. The summed E-state index contributed by atoms with van der Waals surface area (Å²) in [6, 6.07) is 7.95. The van der Waals surface area contributed by atoms with Gasteiger partial charge in [-0.05, 0) is 44.4 Å². The van der Waals surface area contributed by atoms with Gasteiger partial charge >= 0.3 is 0 Å². The molecule has 0 spiro atoms. The van der Waals surface area contributed by atoms with Gasteiger partial charge in [-0.3, -0.25) is 10.1 Å². The van der Waals surface area contributed by atoms with Crippen LogP contribution >= 0.6 is 0 Å². The van der Waals surface area contributed by atoms with Crippen molar-refractivity contribution in [2.75, 3.05) is 20.2 Å². The molecule has 1 heterocycles. The van der Waals surface area contributed by atoms with Gasteiger partial charge in [0.15, 0.2) is 0 Å². The Morgan fingerprint density at radius 2 is 1.80 bits per heavy atom. The third-order valence-electron chi connectivity index (χ3n) is 3.90. The number of hydrogen-bond donors (Lipinski definition) is 1. The van der Waals surface area contributed by atoms with Crippen LogP contribution in [0, 0.1) is 0 Å². The Hall–Kier alpha value is -1.55. The van der Waals surface area contributed by atoms with Gasteiger partial charge in [-0.2, -0.15) is 0 Å². The highest BCUT2D eigenvalue weighted by atomic mass is 16.5. The van der Waals surface area contributed by atoms with Gasteiger partial charge in [0.2, 0.25) is 5.91 Å². The second kappa shape index (κ2) is 6.75. The van der Waals surface area contributed by atoms with Gasteiger partial charge in [0.05, 0.1) is 13.2 Å². The first-order valence-corrected chi connectivity index (χ1v) is 7.30. The van der Waals surface area contributed by atoms with E-state index < -0.39 is 0 Å². The van der Waals surface area contributed by atoms with Crippen molar-refractivity contribution in [2.45, 2.75) is 38.8 Å². The summed E-state index contributed by atoms with van der Waals surface area (Å²) in [7, 11) is 1.66. The summed E-state index contributed by atoms with van der Waals surface area (Å²) in [6.45, 7) is 5.83. The zero-order valence-corrected chi connectivity index (χ0v) is 12.6. The number of nitrogens with zero attached hydrogens (tertiary/aromatic N) is 1. The quantitative estimate of drug-likeness (QED) is 0.897. The lowest BCUT2D eigenvalue weighted by molar-refractivity contribution is -0.132. The molecule has 2 atom stereocenters. The number of carbonyl (C=O) groups excluding carboxylic acids is 1. The standard InChI is InChI=1S/C16H24N2O2/c1-12(14-6-8-15(20-3)9-7-14)17-13(2)16(19)18-10-4-5-11-18/h6-9,12-13,17H,4-5,10-11H2,1-3H3/t12-,13?/m0/s1. The van der Waals surface area contributed by atoms with Crippen LogP contribution in [0.2, 0.25) is 0 Å². The molecule has 0 aliphatic carbocycles. The molecule has 20 heavy (non-hydrogen) atoms. The highest BCUT2D eigenvalue weighted by Gasteiger charge is 2.24. The third-order valence-corrected chi connectivity index (χ3v) is 3.90. The first-order chi connectivity index (χ1) is 9.61. The molecule has 0 aromatic heterocycles. The number of amides is 1. The van der Waals surface area contributed by atoms with E-state index in [0.717, 1.165) is 37.2 Å². The second-order valence-electron chi connectivity index (χ2n) is 5.42. The molecule has 1 amide bonds. The van der Waals surface area contributed by atoms with E-state index in [4.69, 9.17) is 4.74 Å². The molecule has 4 heteroatoms. The molecule has 0 radical (unpaired) electrons. The summed E-state index contributed by atoms with van der Waals surface area (Å²) in [6.07, 6.45) is 2.26. The normalized spacial score (nSPS) is 17.9. The monoisotopic (exact) mass is 276 g/mol. The Labute approximate surface area is 121 Å². The Kier molecular flexibility index (Phi) is 5.01. The molecule has 2 rings (SSSR count). The molecule has 1 saturated heterocycles. The zero-order valence-electron chi connectivity index (χ0n) is 12.6. The predicted octanol–water partition coefficient (Wildman–Crippen LogP) is 2.36. The molecule has 4 nitrogen and oxygen atoms in total. The van der Waals surface area contributed by atoms with E-state index >= 15 is 0 Å². The van der Waals surface area contributed by atoms with Crippen molar-refractivity contribution in [3.8, 4) is 5.75 Å². The van der Waals surface area contributed by atoms with Crippen LogP contribution in [0.4, 0.5) is 0 Å². The smallest absolute Gasteiger partial charge is 0.239 e. The number of carbonyl (C=O) groups is 1. The largest absolute Gasteiger partial charge is 0.497 e. The van der Waals surface area contributed by atoms with Gasteiger partial charge in [-0.1, -0.05) is 12.1 Å². The molecule has 110 valence electrons. The molecular weight excluding hydrogens is 252 g/mol. The number of methoxy groups -OCH3 is 1. The van der Waals surface area contributed by atoms with Gasteiger partial charge in [0, 0.05) is 19.1 Å². The van der Waals surface area contributed by atoms with E-state index in [2.05, 4.69) is 12.2 Å². The lowest BCUT2D eigenvalue weighted by atomic mass is 10.1. The van der Waals surface area contributed by atoms with Gasteiger partial charge in [0.1, 0.15) is 5.75 Å². The van der Waals surface area contributed by atoms with E-state index in [1.165, 1.54) is 0 Å². The summed E-state index contributed by atoms with van der Waals surface area (Å²) in [5, 5.41) is 3.38. The molecule has 1 fully saturated rings. The number of benzene rings is 1. The van der Waals surface area contributed by atoms with Crippen LogP contribution in [0.25, 0.3) is 0 Å². The fourth-order valence-electron chi connectivity index (χ4n) is 2.65. The first kappa shape index (κ1) is 14.9. The first-order valence-electron chi connectivity index (χ1n) is 7.30. The van der Waals surface area contributed by atoms with Crippen molar-refractivity contribution in [3.05, 3.63) is 29.8 Å². The number of nitrogens with one attached hydrogen (secondary N) is 1. The van der Waals surface area contributed by atoms with E-state index in [0.29, 0.717) is 0 Å². The zero-order chi connectivity index (χ0) is 14.5. The van der Waals surface area contributed by atoms with Crippen LogP contribution in [-0.2, 0) is 4.79 Å². The van der Waals surface area contributed by atoms with Crippen molar-refractivity contribution in [1.82, 2.24) is 10.2 Å². The highest BCUT2D eigenvalue weighted by Crippen LogP contribution is 2.18. The molecular formula is C16H24N2O2. The maximum absolute atomic E-state index is 12.3. The lowest BCUT2D eigenvalue weighted by Gasteiger charge is -2.24. The topological polar surface area (TPSA) is 41.6 Å². The van der Waals surface area contributed by atoms with Crippen LogP contribution < -0.4 is 10.1 Å². The predicted molar refractivity (Wildman–Crippen MR) is 79.8 cm³/mol. The Balaban J connectivity index is 1.91. The van der Waals surface area contributed by atoms with Crippen molar-refractivity contribution < 1.29 is 9.53 Å². The summed E-state index contributed by atoms with van der Waals surface area (Å²) < 4.78 is 5.15.